The fraction of sp³-hybridized carbons (Fsp3) is 0.300. The normalized spacial score (nSPS) is 11.0. The highest BCUT2D eigenvalue weighted by atomic mass is 32.2. The lowest BCUT2D eigenvalue weighted by Gasteiger charge is -2.19. The van der Waals surface area contributed by atoms with Crippen molar-refractivity contribution in [3.63, 3.8) is 0 Å². The number of carboxylic acids is 1. The van der Waals surface area contributed by atoms with Gasteiger partial charge in [0.05, 0.1) is 16.8 Å². The van der Waals surface area contributed by atoms with Crippen LogP contribution in [0.3, 0.4) is 0 Å². The molecular weight excluding hydrogens is 378 g/mol. The Morgan fingerprint density at radius 1 is 1.19 bits per heavy atom. The molecule has 1 aromatic heterocycles. The summed E-state index contributed by atoms with van der Waals surface area (Å²) in [5, 5.41) is 12.5. The van der Waals surface area contributed by atoms with Gasteiger partial charge in [-0.05, 0) is 36.4 Å². The van der Waals surface area contributed by atoms with Crippen LogP contribution in [-0.4, -0.2) is 54.2 Å². The molecule has 0 radical (unpaired) electrons. The van der Waals surface area contributed by atoms with Crippen LogP contribution in [0.2, 0.25) is 0 Å². The Labute approximate surface area is 167 Å². The van der Waals surface area contributed by atoms with Crippen molar-refractivity contribution in [2.75, 3.05) is 43.1 Å². The molecular formula is C20H23N3O2S2. The monoisotopic (exact) mass is 401 g/mol. The van der Waals surface area contributed by atoms with Crippen LogP contribution in [0.25, 0.3) is 20.8 Å². The summed E-state index contributed by atoms with van der Waals surface area (Å²) in [5.41, 5.74) is 3.38. The van der Waals surface area contributed by atoms with Gasteiger partial charge in [0, 0.05) is 42.9 Å². The maximum Gasteiger partial charge on any atom is 0.317 e. The number of rotatable bonds is 10. The highest BCUT2D eigenvalue weighted by Crippen LogP contribution is 2.30. The van der Waals surface area contributed by atoms with Gasteiger partial charge in [-0.15, -0.1) is 11.3 Å². The molecule has 0 unspecified atom stereocenters. The van der Waals surface area contributed by atoms with Crippen LogP contribution >= 0.6 is 23.1 Å². The van der Waals surface area contributed by atoms with Crippen molar-refractivity contribution in [1.82, 2.24) is 10.3 Å². The average molecular weight is 402 g/mol. The molecule has 0 bridgehead atoms. The number of hydrogen-bond donors (Lipinski definition) is 2. The molecule has 142 valence electrons. The number of nitrogens with one attached hydrogen (secondary N) is 1. The summed E-state index contributed by atoms with van der Waals surface area (Å²) in [7, 11) is 2.09. The smallest absolute Gasteiger partial charge is 0.317 e. The van der Waals surface area contributed by atoms with Crippen LogP contribution < -0.4 is 10.2 Å². The first-order valence-electron chi connectivity index (χ1n) is 8.81. The van der Waals surface area contributed by atoms with Gasteiger partial charge in [-0.3, -0.25) is 4.79 Å². The van der Waals surface area contributed by atoms with Crippen molar-refractivity contribution in [2.24, 2.45) is 0 Å². The summed E-state index contributed by atoms with van der Waals surface area (Å²) in [6.45, 7) is 1.70. The number of thiazole rings is 1. The molecule has 3 rings (SSSR count). The molecule has 0 amide bonds. The van der Waals surface area contributed by atoms with E-state index in [1.54, 1.807) is 11.3 Å². The first-order chi connectivity index (χ1) is 13.1. The van der Waals surface area contributed by atoms with Crippen molar-refractivity contribution in [3.8, 4) is 10.6 Å². The molecule has 27 heavy (non-hydrogen) atoms. The lowest BCUT2D eigenvalue weighted by atomic mass is 10.2. The van der Waals surface area contributed by atoms with Crippen molar-refractivity contribution >= 4 is 45.0 Å². The highest BCUT2D eigenvalue weighted by Gasteiger charge is 2.07. The van der Waals surface area contributed by atoms with Crippen LogP contribution in [0.15, 0.2) is 48.5 Å². The van der Waals surface area contributed by atoms with Gasteiger partial charge in [0.25, 0.3) is 0 Å². The highest BCUT2D eigenvalue weighted by molar-refractivity contribution is 7.99. The molecule has 2 aromatic carbocycles. The maximum absolute atomic E-state index is 10.4. The largest absolute Gasteiger partial charge is 0.480 e. The van der Waals surface area contributed by atoms with E-state index >= 15 is 0 Å². The molecule has 3 aromatic rings. The summed E-state index contributed by atoms with van der Waals surface area (Å²) < 4.78 is 1.21. The lowest BCUT2D eigenvalue weighted by molar-refractivity contribution is -0.135. The Balaban J connectivity index is 1.47. The molecule has 0 fully saturated rings. The first kappa shape index (κ1) is 19.7. The second-order valence-electron chi connectivity index (χ2n) is 6.14. The number of fused-ring (bicyclic) bond motifs is 1. The minimum atomic E-state index is -0.811. The number of hydrogen-bond acceptors (Lipinski definition) is 6. The molecule has 0 saturated heterocycles. The van der Waals surface area contributed by atoms with Gasteiger partial charge in [-0.25, -0.2) is 4.98 Å². The van der Waals surface area contributed by atoms with E-state index in [0.717, 1.165) is 40.7 Å². The quantitative estimate of drug-likeness (QED) is 0.504. The van der Waals surface area contributed by atoms with E-state index in [1.807, 2.05) is 30.0 Å². The molecule has 1 heterocycles. The van der Waals surface area contributed by atoms with E-state index in [2.05, 4.69) is 47.6 Å². The maximum atomic E-state index is 10.4. The molecule has 2 N–H and O–H groups in total. The standard InChI is InChI=1S/C20H23N3O2S2/c1-23(11-13-26-12-10-21-14-19(24)25)16-8-6-15(7-9-16)20-22-17-4-2-3-5-18(17)27-20/h2-9,21H,10-14H2,1H3,(H,24,25). The van der Waals surface area contributed by atoms with E-state index < -0.39 is 5.97 Å². The lowest BCUT2D eigenvalue weighted by Crippen LogP contribution is -2.25. The molecule has 5 nitrogen and oxygen atoms in total. The molecule has 0 atom stereocenters. The van der Waals surface area contributed by atoms with Crippen molar-refractivity contribution < 1.29 is 9.90 Å². The molecule has 0 aliphatic carbocycles. The van der Waals surface area contributed by atoms with Gasteiger partial charge in [0.1, 0.15) is 5.01 Å². The summed E-state index contributed by atoms with van der Waals surface area (Å²) in [6.07, 6.45) is 0. The molecule has 0 aliphatic rings. The van der Waals surface area contributed by atoms with Gasteiger partial charge in [-0.2, -0.15) is 11.8 Å². The van der Waals surface area contributed by atoms with E-state index in [-0.39, 0.29) is 6.54 Å². The van der Waals surface area contributed by atoms with Crippen molar-refractivity contribution in [2.45, 2.75) is 0 Å². The Hall–Kier alpha value is -2.09. The zero-order valence-electron chi connectivity index (χ0n) is 15.2. The number of thioether (sulfide) groups is 1. The zero-order chi connectivity index (χ0) is 19.1. The minimum absolute atomic E-state index is 0.0292. The predicted molar refractivity (Wildman–Crippen MR) is 116 cm³/mol. The van der Waals surface area contributed by atoms with Gasteiger partial charge < -0.3 is 15.3 Å². The molecule has 0 aliphatic heterocycles. The summed E-state index contributed by atoms with van der Waals surface area (Å²) >= 11 is 3.54. The number of aromatic nitrogens is 1. The van der Waals surface area contributed by atoms with Crippen molar-refractivity contribution in [3.05, 3.63) is 48.5 Å². The Morgan fingerprint density at radius 3 is 2.70 bits per heavy atom. The van der Waals surface area contributed by atoms with Gasteiger partial charge in [-0.1, -0.05) is 12.1 Å². The third kappa shape index (κ3) is 5.69. The van der Waals surface area contributed by atoms with E-state index in [9.17, 15) is 4.79 Å². The van der Waals surface area contributed by atoms with Crippen LogP contribution in [-0.2, 0) is 4.79 Å². The summed E-state index contributed by atoms with van der Waals surface area (Å²) in [6, 6.07) is 16.8. The third-order valence-corrected chi connectivity index (χ3v) is 6.17. The number of carbonyl (C=O) groups is 1. The average Bonchev–Trinajstić information content (AvgIpc) is 3.11. The number of anilines is 1. The number of para-hydroxylation sites is 1. The van der Waals surface area contributed by atoms with Gasteiger partial charge >= 0.3 is 5.97 Å². The van der Waals surface area contributed by atoms with Crippen molar-refractivity contribution in [1.29, 1.82) is 0 Å². The predicted octanol–water partition coefficient (Wildman–Crippen LogP) is 3.81. The Bertz CT molecular complexity index is 847. The first-order valence-corrected chi connectivity index (χ1v) is 10.8. The number of carboxylic acid groups (broad SMARTS) is 1. The Kier molecular flexibility index (Phi) is 7.09. The van der Waals surface area contributed by atoms with Gasteiger partial charge in [0.15, 0.2) is 0 Å². The topological polar surface area (TPSA) is 65.5 Å². The van der Waals surface area contributed by atoms with Crippen LogP contribution in [0.1, 0.15) is 0 Å². The SMILES string of the molecule is CN(CCSCCNCC(=O)O)c1ccc(-c2nc3ccccc3s2)cc1. The van der Waals surface area contributed by atoms with E-state index in [1.165, 1.54) is 10.4 Å². The van der Waals surface area contributed by atoms with E-state index in [4.69, 9.17) is 10.1 Å². The molecule has 0 saturated carbocycles. The molecule has 0 spiro atoms. The third-order valence-electron chi connectivity index (χ3n) is 4.12. The minimum Gasteiger partial charge on any atom is -0.480 e. The second-order valence-corrected chi connectivity index (χ2v) is 8.39. The number of benzene rings is 2. The summed E-state index contributed by atoms with van der Waals surface area (Å²) in [4.78, 5) is 17.4. The van der Waals surface area contributed by atoms with Crippen LogP contribution in [0, 0.1) is 0 Å². The fourth-order valence-electron chi connectivity index (χ4n) is 2.63. The van der Waals surface area contributed by atoms with Gasteiger partial charge in [0.2, 0.25) is 0 Å². The number of aliphatic carboxylic acids is 1. The Morgan fingerprint density at radius 2 is 1.96 bits per heavy atom. The van der Waals surface area contributed by atoms with Crippen LogP contribution in [0.5, 0.6) is 0 Å². The number of nitrogens with zero attached hydrogens (tertiary/aromatic N) is 2. The second kappa shape index (κ2) is 9.73. The fourth-order valence-corrected chi connectivity index (χ4v) is 4.49. The van der Waals surface area contributed by atoms with E-state index in [0.29, 0.717) is 0 Å². The van der Waals surface area contributed by atoms with Crippen LogP contribution in [0.4, 0.5) is 5.69 Å². The summed E-state index contributed by atoms with van der Waals surface area (Å²) in [5.74, 6) is 1.11. The molecule has 7 heteroatoms. The zero-order valence-corrected chi connectivity index (χ0v) is 16.9.